The lowest BCUT2D eigenvalue weighted by atomic mass is 9.78. The van der Waals surface area contributed by atoms with Gasteiger partial charge >= 0.3 is 0 Å². The van der Waals surface area contributed by atoms with Crippen molar-refractivity contribution in [2.45, 2.75) is 57.5 Å². The summed E-state index contributed by atoms with van der Waals surface area (Å²) < 4.78 is 0. The minimum Gasteiger partial charge on any atom is -0.393 e. The summed E-state index contributed by atoms with van der Waals surface area (Å²) in [5.74, 6) is 0.522. The Hall–Kier alpha value is -0.300. The summed E-state index contributed by atoms with van der Waals surface area (Å²) in [5, 5.41) is 9.88. The maximum absolute atomic E-state index is 9.88. The minimum absolute atomic E-state index is 0.0295. The first kappa shape index (κ1) is 9.26. The fraction of sp³-hybridized carbons (Fsp3) is 0.833. The molecule has 0 radical (unpaired) electrons. The number of allylic oxidation sites excluding steroid dienone is 1. The Morgan fingerprint density at radius 1 is 1.08 bits per heavy atom. The second-order valence-electron chi connectivity index (χ2n) is 4.48. The molecule has 0 saturated heterocycles. The minimum atomic E-state index is -0.0295. The van der Waals surface area contributed by atoms with Gasteiger partial charge in [-0.15, -0.1) is 0 Å². The molecule has 0 aromatic rings. The van der Waals surface area contributed by atoms with Crippen molar-refractivity contribution >= 4 is 0 Å². The number of hydrogen-bond acceptors (Lipinski definition) is 1. The molecule has 2 aliphatic rings. The second-order valence-corrected chi connectivity index (χ2v) is 4.48. The normalized spacial score (nSPS) is 35.6. The van der Waals surface area contributed by atoms with Gasteiger partial charge in [0.2, 0.25) is 0 Å². The van der Waals surface area contributed by atoms with Crippen molar-refractivity contribution in [3.8, 4) is 0 Å². The molecule has 0 spiro atoms. The fourth-order valence-corrected chi connectivity index (χ4v) is 2.74. The van der Waals surface area contributed by atoms with Crippen LogP contribution in [-0.2, 0) is 0 Å². The van der Waals surface area contributed by atoms with E-state index in [0.29, 0.717) is 5.92 Å². The van der Waals surface area contributed by atoms with E-state index in [9.17, 15) is 5.11 Å². The first-order chi connectivity index (χ1) is 6.38. The third-order valence-electron chi connectivity index (χ3n) is 3.53. The lowest BCUT2D eigenvalue weighted by Gasteiger charge is -2.31. The Bertz CT molecular complexity index is 195. The van der Waals surface area contributed by atoms with E-state index in [-0.39, 0.29) is 6.10 Å². The highest BCUT2D eigenvalue weighted by Gasteiger charge is 2.26. The van der Waals surface area contributed by atoms with Crippen molar-refractivity contribution in [3.05, 3.63) is 11.6 Å². The van der Waals surface area contributed by atoms with Crippen molar-refractivity contribution in [1.29, 1.82) is 0 Å². The summed E-state index contributed by atoms with van der Waals surface area (Å²) in [6, 6.07) is 0. The molecule has 1 saturated carbocycles. The SMILES string of the molecule is O[C@@H]1CCCC[C@@H]1C1=CCCCC1. The van der Waals surface area contributed by atoms with E-state index in [1.807, 2.05) is 0 Å². The molecule has 0 amide bonds. The predicted octanol–water partition coefficient (Wildman–Crippen LogP) is 3.04. The zero-order chi connectivity index (χ0) is 9.10. The Balaban J connectivity index is 2.00. The van der Waals surface area contributed by atoms with Gasteiger partial charge in [-0.3, -0.25) is 0 Å². The van der Waals surface area contributed by atoms with Crippen LogP contribution in [-0.4, -0.2) is 11.2 Å². The Morgan fingerprint density at radius 2 is 1.92 bits per heavy atom. The maximum Gasteiger partial charge on any atom is 0.0605 e. The third kappa shape index (κ3) is 2.14. The van der Waals surface area contributed by atoms with Crippen molar-refractivity contribution in [2.24, 2.45) is 5.92 Å². The van der Waals surface area contributed by atoms with Gasteiger partial charge in [-0.25, -0.2) is 0 Å². The van der Waals surface area contributed by atoms with Crippen LogP contribution < -0.4 is 0 Å². The third-order valence-corrected chi connectivity index (χ3v) is 3.53. The Morgan fingerprint density at radius 3 is 2.62 bits per heavy atom. The molecular formula is C12H20O. The summed E-state index contributed by atoms with van der Waals surface area (Å²) in [4.78, 5) is 0. The fourth-order valence-electron chi connectivity index (χ4n) is 2.74. The van der Waals surface area contributed by atoms with Crippen LogP contribution in [0.25, 0.3) is 0 Å². The molecule has 1 N–H and O–H groups in total. The van der Waals surface area contributed by atoms with Crippen LogP contribution in [0.5, 0.6) is 0 Å². The Kier molecular flexibility index (Phi) is 3.05. The maximum atomic E-state index is 9.88. The molecule has 0 heterocycles. The molecule has 2 atom stereocenters. The van der Waals surface area contributed by atoms with Gasteiger partial charge in [-0.05, 0) is 38.5 Å². The molecular weight excluding hydrogens is 160 g/mol. The molecule has 0 aromatic heterocycles. The molecule has 2 rings (SSSR count). The van der Waals surface area contributed by atoms with E-state index in [1.54, 1.807) is 5.57 Å². The molecule has 74 valence electrons. The monoisotopic (exact) mass is 180 g/mol. The zero-order valence-corrected chi connectivity index (χ0v) is 8.34. The van der Waals surface area contributed by atoms with Crippen LogP contribution in [0, 0.1) is 5.92 Å². The van der Waals surface area contributed by atoms with Gasteiger partial charge in [-0.1, -0.05) is 24.5 Å². The smallest absolute Gasteiger partial charge is 0.0605 e. The molecule has 0 aliphatic heterocycles. The van der Waals surface area contributed by atoms with Crippen LogP contribution in [0.4, 0.5) is 0 Å². The summed E-state index contributed by atoms with van der Waals surface area (Å²) in [7, 11) is 0. The highest BCUT2D eigenvalue weighted by molar-refractivity contribution is 5.11. The molecule has 0 bridgehead atoms. The van der Waals surface area contributed by atoms with Crippen molar-refractivity contribution in [1.82, 2.24) is 0 Å². The second kappa shape index (κ2) is 4.28. The van der Waals surface area contributed by atoms with E-state index in [1.165, 1.54) is 44.9 Å². The van der Waals surface area contributed by atoms with E-state index in [0.717, 1.165) is 6.42 Å². The highest BCUT2D eigenvalue weighted by atomic mass is 16.3. The van der Waals surface area contributed by atoms with Crippen LogP contribution in [0.2, 0.25) is 0 Å². The van der Waals surface area contributed by atoms with E-state index >= 15 is 0 Å². The van der Waals surface area contributed by atoms with Gasteiger partial charge in [0.15, 0.2) is 0 Å². The van der Waals surface area contributed by atoms with Crippen LogP contribution in [0.1, 0.15) is 51.4 Å². The molecule has 2 aliphatic carbocycles. The number of aliphatic hydroxyl groups is 1. The average Bonchev–Trinajstić information content (AvgIpc) is 2.20. The van der Waals surface area contributed by atoms with Crippen molar-refractivity contribution < 1.29 is 5.11 Å². The van der Waals surface area contributed by atoms with E-state index in [2.05, 4.69) is 6.08 Å². The summed E-state index contributed by atoms with van der Waals surface area (Å²) in [6.45, 7) is 0. The first-order valence-corrected chi connectivity index (χ1v) is 5.75. The molecule has 0 aromatic carbocycles. The van der Waals surface area contributed by atoms with Crippen LogP contribution >= 0.6 is 0 Å². The molecule has 0 unspecified atom stereocenters. The van der Waals surface area contributed by atoms with Crippen LogP contribution in [0.3, 0.4) is 0 Å². The van der Waals surface area contributed by atoms with Gasteiger partial charge in [0, 0.05) is 5.92 Å². The van der Waals surface area contributed by atoms with Gasteiger partial charge < -0.3 is 5.11 Å². The van der Waals surface area contributed by atoms with Gasteiger partial charge in [-0.2, -0.15) is 0 Å². The predicted molar refractivity (Wildman–Crippen MR) is 54.5 cm³/mol. The molecule has 1 fully saturated rings. The van der Waals surface area contributed by atoms with Crippen molar-refractivity contribution in [3.63, 3.8) is 0 Å². The van der Waals surface area contributed by atoms with Gasteiger partial charge in [0.1, 0.15) is 0 Å². The average molecular weight is 180 g/mol. The van der Waals surface area contributed by atoms with E-state index in [4.69, 9.17) is 0 Å². The summed E-state index contributed by atoms with van der Waals surface area (Å²) >= 11 is 0. The quantitative estimate of drug-likeness (QED) is 0.615. The van der Waals surface area contributed by atoms with Gasteiger partial charge in [0.25, 0.3) is 0 Å². The molecule has 1 nitrogen and oxygen atoms in total. The molecule has 1 heteroatoms. The largest absolute Gasteiger partial charge is 0.393 e. The first-order valence-electron chi connectivity index (χ1n) is 5.75. The number of aliphatic hydroxyl groups excluding tert-OH is 1. The van der Waals surface area contributed by atoms with Crippen molar-refractivity contribution in [2.75, 3.05) is 0 Å². The number of hydrogen-bond donors (Lipinski definition) is 1. The standard InChI is InChI=1S/C12H20O/c13-12-9-5-4-8-11(12)10-6-2-1-3-7-10/h6,11-13H,1-5,7-9H2/t11-,12-/m1/s1. The van der Waals surface area contributed by atoms with E-state index < -0.39 is 0 Å². The summed E-state index contributed by atoms with van der Waals surface area (Å²) in [6.07, 6.45) is 12.4. The Labute approximate surface area is 80.8 Å². The molecule has 13 heavy (non-hydrogen) atoms. The van der Waals surface area contributed by atoms with Crippen LogP contribution in [0.15, 0.2) is 11.6 Å². The lowest BCUT2D eigenvalue weighted by molar-refractivity contribution is 0.0849. The highest BCUT2D eigenvalue weighted by Crippen LogP contribution is 2.34. The van der Waals surface area contributed by atoms with Gasteiger partial charge in [0.05, 0.1) is 6.10 Å². The zero-order valence-electron chi connectivity index (χ0n) is 8.34. The number of rotatable bonds is 1. The topological polar surface area (TPSA) is 20.2 Å². The summed E-state index contributed by atoms with van der Waals surface area (Å²) in [5.41, 5.74) is 1.57. The lowest BCUT2D eigenvalue weighted by Crippen LogP contribution is -2.26.